The van der Waals surface area contributed by atoms with Crippen LogP contribution >= 0.6 is 22.7 Å². The van der Waals surface area contributed by atoms with E-state index in [9.17, 15) is 9.90 Å². The molecule has 0 aromatic carbocycles. The Kier molecular flexibility index (Phi) is 5.53. The Labute approximate surface area is 175 Å². The van der Waals surface area contributed by atoms with Crippen LogP contribution in [-0.4, -0.2) is 60.0 Å². The Balaban J connectivity index is 0.00000112. The molecule has 0 saturated carbocycles. The number of thiophene rings is 2. The van der Waals surface area contributed by atoms with E-state index in [1.807, 2.05) is 22.9 Å². The van der Waals surface area contributed by atoms with Crippen LogP contribution in [0.2, 0.25) is 0 Å². The molecule has 3 fully saturated rings. The van der Waals surface area contributed by atoms with Gasteiger partial charge in [0.1, 0.15) is 30.4 Å². The van der Waals surface area contributed by atoms with Gasteiger partial charge in [-0.15, -0.1) is 22.7 Å². The number of hydrogen-bond donors (Lipinski definition) is 1. The molecule has 0 spiro atoms. The van der Waals surface area contributed by atoms with Crippen molar-refractivity contribution in [3.63, 3.8) is 0 Å². The van der Waals surface area contributed by atoms with Crippen molar-refractivity contribution in [1.29, 1.82) is 0 Å². The first-order chi connectivity index (χ1) is 12.4. The van der Waals surface area contributed by atoms with Crippen molar-refractivity contribution in [2.24, 2.45) is 0 Å². The van der Waals surface area contributed by atoms with Gasteiger partial charge in [-0.25, -0.2) is 4.79 Å². The summed E-state index contributed by atoms with van der Waals surface area (Å²) in [5, 5.41) is 15.1. The number of rotatable bonds is 4. The molecule has 3 unspecified atom stereocenters. The van der Waals surface area contributed by atoms with E-state index in [-0.39, 0.29) is 21.0 Å². The molecule has 2 aromatic rings. The number of carbonyl (C=O) groups excluding carboxylic acids is 1. The maximum atomic E-state index is 13.1. The number of morpholine rings is 1. The van der Waals surface area contributed by atoms with Crippen LogP contribution in [-0.2, 0) is 19.9 Å². The number of likely N-dealkylation sites (N-methyl/N-ethyl adjacent to an activating group) is 1. The standard InChI is InChI=1S/C19H22NO4S2.2CH4/c1-20(2)12-9-11(10-13(20)17-16(12)24-17)23-18(21)19(22,14-5-3-7-25-14)15-6-4-8-26-15;;/h3-8,11-13,16-17,22H,9-10H2,1-2H3;2*1H4/q+1;;/t11?,12-,13?,16+,17?;;/m0../s1. The number of aliphatic hydroxyl groups is 1. The molecule has 3 aliphatic heterocycles. The minimum absolute atomic E-state index is 0. The number of epoxide rings is 1. The number of nitrogens with zero attached hydrogens (tertiary/aromatic N) is 1. The Bertz CT molecular complexity index is 763. The second-order valence-electron chi connectivity index (χ2n) is 7.99. The maximum absolute atomic E-state index is 13.1. The highest BCUT2D eigenvalue weighted by molar-refractivity contribution is 7.12. The van der Waals surface area contributed by atoms with Gasteiger partial charge in [-0.05, 0) is 22.9 Å². The van der Waals surface area contributed by atoms with E-state index in [0.29, 0.717) is 34.0 Å². The smallest absolute Gasteiger partial charge is 0.349 e. The molecule has 3 aliphatic rings. The topological polar surface area (TPSA) is 59.1 Å². The molecule has 154 valence electrons. The first kappa shape index (κ1) is 21.5. The molecule has 5 nitrogen and oxygen atoms in total. The molecule has 5 heterocycles. The summed E-state index contributed by atoms with van der Waals surface area (Å²) in [5.41, 5.74) is -1.72. The van der Waals surface area contributed by atoms with E-state index in [0.717, 1.165) is 17.3 Å². The molecule has 1 N–H and O–H groups in total. The average molecular weight is 425 g/mol. The third-order valence-electron chi connectivity index (χ3n) is 6.36. The van der Waals surface area contributed by atoms with E-state index < -0.39 is 11.6 Å². The van der Waals surface area contributed by atoms with Gasteiger partial charge in [0.25, 0.3) is 0 Å². The number of hydrogen-bond acceptors (Lipinski definition) is 6. The van der Waals surface area contributed by atoms with Crippen molar-refractivity contribution < 1.29 is 23.9 Å². The monoisotopic (exact) mass is 424 g/mol. The van der Waals surface area contributed by atoms with Crippen LogP contribution in [0.4, 0.5) is 0 Å². The third kappa shape index (κ3) is 2.95. The number of carbonyl (C=O) groups is 1. The molecule has 0 radical (unpaired) electrons. The summed E-state index contributed by atoms with van der Waals surface area (Å²) in [6, 6.07) is 8.01. The predicted octanol–water partition coefficient (Wildman–Crippen LogP) is 3.62. The van der Waals surface area contributed by atoms with Gasteiger partial charge in [0.05, 0.1) is 23.8 Å². The maximum Gasteiger partial charge on any atom is 0.349 e. The van der Waals surface area contributed by atoms with Gasteiger partial charge in [0.2, 0.25) is 5.60 Å². The number of ether oxygens (including phenoxy) is 2. The van der Waals surface area contributed by atoms with E-state index in [1.54, 1.807) is 12.1 Å². The highest BCUT2D eigenvalue weighted by Crippen LogP contribution is 2.52. The quantitative estimate of drug-likeness (QED) is 0.463. The summed E-state index contributed by atoms with van der Waals surface area (Å²) in [6.07, 6.45) is 2.05. The predicted molar refractivity (Wildman–Crippen MR) is 113 cm³/mol. The van der Waals surface area contributed by atoms with Gasteiger partial charge < -0.3 is 19.1 Å². The van der Waals surface area contributed by atoms with E-state index in [4.69, 9.17) is 9.47 Å². The van der Waals surface area contributed by atoms with Crippen molar-refractivity contribution in [3.05, 3.63) is 44.8 Å². The Morgan fingerprint density at radius 3 is 2.04 bits per heavy atom. The van der Waals surface area contributed by atoms with E-state index in [2.05, 4.69) is 14.1 Å². The van der Waals surface area contributed by atoms with E-state index in [1.165, 1.54) is 22.7 Å². The number of piperidine rings is 1. The first-order valence-electron chi connectivity index (χ1n) is 8.92. The summed E-state index contributed by atoms with van der Waals surface area (Å²) in [5.74, 6) is -0.561. The largest absolute Gasteiger partial charge is 0.459 e. The van der Waals surface area contributed by atoms with Crippen molar-refractivity contribution in [2.75, 3.05) is 14.1 Å². The highest BCUT2D eigenvalue weighted by Gasteiger charge is 2.71. The SMILES string of the molecule is C.C.C[N+]1(C)C2CC(OC(=O)C(O)(c3cccs3)c3cccs3)C[C@H]1[C@H]1OC21. The molecule has 2 bridgehead atoms. The zero-order chi connectivity index (χ0) is 18.1. The van der Waals surface area contributed by atoms with Crippen molar-refractivity contribution in [2.45, 2.75) is 63.7 Å². The van der Waals surface area contributed by atoms with Gasteiger partial charge in [0, 0.05) is 12.8 Å². The minimum atomic E-state index is -1.72. The fourth-order valence-corrected chi connectivity index (χ4v) is 6.54. The molecular formula is C21H30NO4S2+. The lowest BCUT2D eigenvalue weighted by atomic mass is 9.95. The lowest BCUT2D eigenvalue weighted by Crippen LogP contribution is -2.60. The lowest BCUT2D eigenvalue weighted by molar-refractivity contribution is -0.938. The fourth-order valence-electron chi connectivity index (χ4n) is 4.83. The highest BCUT2D eigenvalue weighted by atomic mass is 32.1. The summed E-state index contributed by atoms with van der Waals surface area (Å²) in [7, 11) is 4.49. The zero-order valence-electron chi connectivity index (χ0n) is 14.7. The van der Waals surface area contributed by atoms with Crippen molar-refractivity contribution in [3.8, 4) is 0 Å². The normalized spacial score (nSPS) is 31.9. The molecule has 3 saturated heterocycles. The van der Waals surface area contributed by atoms with Crippen LogP contribution in [0.25, 0.3) is 0 Å². The number of fused-ring (bicyclic) bond motifs is 5. The Morgan fingerprint density at radius 2 is 1.61 bits per heavy atom. The molecule has 5 rings (SSSR count). The summed E-state index contributed by atoms with van der Waals surface area (Å²) in [4.78, 5) is 14.3. The van der Waals surface area contributed by atoms with Crippen molar-refractivity contribution in [1.82, 2.24) is 0 Å². The number of esters is 1. The van der Waals surface area contributed by atoms with Gasteiger partial charge in [-0.3, -0.25) is 0 Å². The Morgan fingerprint density at radius 1 is 1.11 bits per heavy atom. The molecule has 0 amide bonds. The van der Waals surface area contributed by atoms with Gasteiger partial charge >= 0.3 is 5.97 Å². The minimum Gasteiger partial charge on any atom is -0.459 e. The first-order valence-corrected chi connectivity index (χ1v) is 10.7. The zero-order valence-corrected chi connectivity index (χ0v) is 16.3. The van der Waals surface area contributed by atoms with Crippen LogP contribution in [0.1, 0.15) is 37.4 Å². The average Bonchev–Trinajstić information content (AvgIpc) is 2.98. The molecule has 7 heteroatoms. The van der Waals surface area contributed by atoms with Crippen LogP contribution in [0, 0.1) is 0 Å². The third-order valence-corrected chi connectivity index (χ3v) is 8.32. The van der Waals surface area contributed by atoms with Gasteiger partial charge in [-0.1, -0.05) is 27.0 Å². The van der Waals surface area contributed by atoms with Crippen molar-refractivity contribution >= 4 is 28.6 Å². The van der Waals surface area contributed by atoms with Gasteiger partial charge in [-0.2, -0.15) is 0 Å². The number of quaternary nitrogens is 1. The summed E-state index contributed by atoms with van der Waals surface area (Å²) < 4.78 is 12.6. The van der Waals surface area contributed by atoms with Crippen LogP contribution in [0.5, 0.6) is 0 Å². The molecule has 5 atom stereocenters. The van der Waals surface area contributed by atoms with Gasteiger partial charge in [0.15, 0.2) is 0 Å². The van der Waals surface area contributed by atoms with Crippen LogP contribution < -0.4 is 0 Å². The van der Waals surface area contributed by atoms with Crippen LogP contribution in [0.3, 0.4) is 0 Å². The molecule has 2 aromatic heterocycles. The second-order valence-corrected chi connectivity index (χ2v) is 9.89. The van der Waals surface area contributed by atoms with Crippen LogP contribution in [0.15, 0.2) is 35.0 Å². The molecule has 0 aliphatic carbocycles. The molecule has 28 heavy (non-hydrogen) atoms. The summed E-state index contributed by atoms with van der Waals surface area (Å²) in [6.45, 7) is 0. The summed E-state index contributed by atoms with van der Waals surface area (Å²) >= 11 is 2.74. The Hall–Kier alpha value is -1.25. The second kappa shape index (κ2) is 7.22. The molecular weight excluding hydrogens is 394 g/mol. The fraction of sp³-hybridized carbons (Fsp3) is 0.571. The lowest BCUT2D eigenvalue weighted by Gasteiger charge is -2.45. The van der Waals surface area contributed by atoms with E-state index >= 15 is 0 Å².